The quantitative estimate of drug-likeness (QED) is 0.630. The summed E-state index contributed by atoms with van der Waals surface area (Å²) < 4.78 is 42.8. The molecule has 2 rings (SSSR count). The molecule has 8 nitrogen and oxygen atoms in total. The molecule has 1 amide bonds. The molecule has 31 heavy (non-hydrogen) atoms. The van der Waals surface area contributed by atoms with Crippen molar-refractivity contribution in [2.24, 2.45) is 0 Å². The molecule has 1 unspecified atom stereocenters. The number of carbonyl (C=O) groups is 1. The lowest BCUT2D eigenvalue weighted by Crippen LogP contribution is -2.33. The van der Waals surface area contributed by atoms with Crippen LogP contribution in [0.25, 0.3) is 0 Å². The van der Waals surface area contributed by atoms with Crippen LogP contribution in [0, 0.1) is 0 Å². The van der Waals surface area contributed by atoms with Crippen LogP contribution in [-0.2, 0) is 10.0 Å². The molecule has 0 bridgehead atoms. The maximum atomic E-state index is 12.8. The average Bonchev–Trinajstić information content (AvgIpc) is 2.77. The van der Waals surface area contributed by atoms with Crippen molar-refractivity contribution in [2.75, 3.05) is 28.4 Å². The van der Waals surface area contributed by atoms with Gasteiger partial charge in [0.05, 0.1) is 32.3 Å². The van der Waals surface area contributed by atoms with E-state index in [1.165, 1.54) is 44.8 Å². The minimum atomic E-state index is -3.69. The van der Waals surface area contributed by atoms with Crippen LogP contribution in [0.5, 0.6) is 17.2 Å². The highest BCUT2D eigenvalue weighted by Crippen LogP contribution is 2.39. The number of hydrogen-bond acceptors (Lipinski definition) is 6. The van der Waals surface area contributed by atoms with E-state index in [2.05, 4.69) is 5.32 Å². The van der Waals surface area contributed by atoms with Crippen LogP contribution in [-0.4, -0.2) is 53.0 Å². The predicted octanol–water partition coefficient (Wildman–Crippen LogP) is 3.23. The molecule has 2 aromatic rings. The summed E-state index contributed by atoms with van der Waals surface area (Å²) >= 11 is 0. The maximum Gasteiger partial charge on any atom is 0.251 e. The van der Waals surface area contributed by atoms with Gasteiger partial charge in [-0.1, -0.05) is 6.07 Å². The highest BCUT2D eigenvalue weighted by Gasteiger charge is 2.24. The summed E-state index contributed by atoms with van der Waals surface area (Å²) in [6.07, 6.45) is 0. The summed E-state index contributed by atoms with van der Waals surface area (Å²) in [7, 11) is 2.37. The lowest BCUT2D eigenvalue weighted by atomic mass is 10.1. The molecule has 1 atom stereocenters. The smallest absolute Gasteiger partial charge is 0.251 e. The molecule has 0 aliphatic rings. The number of carbonyl (C=O) groups excluding carboxylic acids is 1. The van der Waals surface area contributed by atoms with Crippen LogP contribution >= 0.6 is 0 Å². The Morgan fingerprint density at radius 2 is 1.55 bits per heavy atom. The highest BCUT2D eigenvalue weighted by atomic mass is 32.2. The van der Waals surface area contributed by atoms with Gasteiger partial charge in [0.2, 0.25) is 15.8 Å². The molecule has 9 heteroatoms. The van der Waals surface area contributed by atoms with Crippen molar-refractivity contribution < 1.29 is 27.4 Å². The third kappa shape index (κ3) is 5.29. The number of methoxy groups -OCH3 is 3. The summed E-state index contributed by atoms with van der Waals surface area (Å²) in [5, 5.41) is 2.88. The number of hydrogen-bond donors (Lipinski definition) is 1. The van der Waals surface area contributed by atoms with Gasteiger partial charge in [0.15, 0.2) is 11.5 Å². The van der Waals surface area contributed by atoms with Crippen LogP contribution in [0.15, 0.2) is 41.3 Å². The van der Waals surface area contributed by atoms with Crippen LogP contribution < -0.4 is 19.5 Å². The third-order valence-electron chi connectivity index (χ3n) is 5.04. The standard InChI is InChI=1S/C22H30N2O6S/c1-14(2)24(4)31(26,27)18-10-8-9-16(11-18)22(25)23-15(3)17-12-19(28-5)21(30-7)20(13-17)29-6/h8-15H,1-7H3,(H,23,25). The predicted molar refractivity (Wildman–Crippen MR) is 119 cm³/mol. The molecule has 0 saturated carbocycles. The second-order valence-electron chi connectivity index (χ2n) is 7.30. The monoisotopic (exact) mass is 450 g/mol. The Morgan fingerprint density at radius 1 is 0.968 bits per heavy atom. The SMILES string of the molecule is COc1cc(C(C)NC(=O)c2cccc(S(=O)(=O)N(C)C(C)C)c2)cc(OC)c1OC. The number of benzene rings is 2. The van der Waals surface area contributed by atoms with Crippen LogP contribution in [0.2, 0.25) is 0 Å². The molecule has 0 heterocycles. The normalized spacial score (nSPS) is 12.5. The number of rotatable bonds is 9. The van der Waals surface area contributed by atoms with E-state index >= 15 is 0 Å². The molecule has 0 fully saturated rings. The molecule has 0 aromatic heterocycles. The minimum absolute atomic E-state index is 0.0665. The molecule has 2 aromatic carbocycles. The van der Waals surface area contributed by atoms with Crippen molar-refractivity contribution >= 4 is 15.9 Å². The summed E-state index contributed by atoms with van der Waals surface area (Å²) in [5.74, 6) is 1.01. The number of nitrogens with zero attached hydrogens (tertiary/aromatic N) is 1. The van der Waals surface area contributed by atoms with E-state index in [0.29, 0.717) is 17.2 Å². The summed E-state index contributed by atoms with van der Waals surface area (Å²) in [5.41, 5.74) is 0.990. The summed E-state index contributed by atoms with van der Waals surface area (Å²) in [6, 6.07) is 8.89. The average molecular weight is 451 g/mol. The number of sulfonamides is 1. The fourth-order valence-corrected chi connectivity index (χ4v) is 4.37. The Hall–Kier alpha value is -2.78. The Kier molecular flexibility index (Phi) is 7.91. The Balaban J connectivity index is 2.30. The molecule has 1 N–H and O–H groups in total. The van der Waals surface area contributed by atoms with Crippen molar-refractivity contribution in [3.63, 3.8) is 0 Å². The second kappa shape index (κ2) is 10.0. The van der Waals surface area contributed by atoms with Gasteiger partial charge in [0.1, 0.15) is 0 Å². The van der Waals surface area contributed by atoms with Gasteiger partial charge in [-0.3, -0.25) is 4.79 Å². The molecule has 0 saturated heterocycles. The van der Waals surface area contributed by atoms with Gasteiger partial charge in [-0.15, -0.1) is 0 Å². The Morgan fingerprint density at radius 3 is 2.03 bits per heavy atom. The first kappa shape index (κ1) is 24.5. The number of ether oxygens (including phenoxy) is 3. The van der Waals surface area contributed by atoms with E-state index in [-0.39, 0.29) is 16.5 Å². The first-order chi connectivity index (χ1) is 14.6. The first-order valence-corrected chi connectivity index (χ1v) is 11.2. The molecule has 0 radical (unpaired) electrons. The highest BCUT2D eigenvalue weighted by molar-refractivity contribution is 7.89. The summed E-state index contributed by atoms with van der Waals surface area (Å²) in [6.45, 7) is 5.38. The van der Waals surface area contributed by atoms with Crippen molar-refractivity contribution in [1.29, 1.82) is 0 Å². The fraction of sp³-hybridized carbons (Fsp3) is 0.409. The molecule has 0 aliphatic carbocycles. The zero-order valence-corrected chi connectivity index (χ0v) is 19.7. The fourth-order valence-electron chi connectivity index (χ4n) is 2.96. The van der Waals surface area contributed by atoms with Crippen LogP contribution in [0.1, 0.15) is 42.7 Å². The van der Waals surface area contributed by atoms with E-state index in [1.54, 1.807) is 38.1 Å². The lowest BCUT2D eigenvalue weighted by Gasteiger charge is -2.21. The van der Waals surface area contributed by atoms with E-state index in [9.17, 15) is 13.2 Å². The van der Waals surface area contributed by atoms with E-state index in [0.717, 1.165) is 5.56 Å². The van der Waals surface area contributed by atoms with Crippen molar-refractivity contribution in [3.8, 4) is 17.2 Å². The number of nitrogens with one attached hydrogen (secondary N) is 1. The zero-order chi connectivity index (χ0) is 23.3. The van der Waals surface area contributed by atoms with Crippen LogP contribution in [0.3, 0.4) is 0 Å². The maximum absolute atomic E-state index is 12.8. The molecular formula is C22H30N2O6S. The van der Waals surface area contributed by atoms with Crippen LogP contribution in [0.4, 0.5) is 0 Å². The van der Waals surface area contributed by atoms with Gasteiger partial charge in [0, 0.05) is 18.7 Å². The Bertz CT molecular complexity index is 1010. The molecule has 0 spiro atoms. The van der Waals surface area contributed by atoms with Crippen molar-refractivity contribution in [1.82, 2.24) is 9.62 Å². The summed E-state index contributed by atoms with van der Waals surface area (Å²) in [4.78, 5) is 12.9. The largest absolute Gasteiger partial charge is 0.493 e. The van der Waals surface area contributed by atoms with E-state index in [1.807, 2.05) is 6.92 Å². The third-order valence-corrected chi connectivity index (χ3v) is 7.06. The van der Waals surface area contributed by atoms with Gasteiger partial charge in [-0.2, -0.15) is 4.31 Å². The van der Waals surface area contributed by atoms with Gasteiger partial charge in [-0.25, -0.2) is 8.42 Å². The van der Waals surface area contributed by atoms with Gasteiger partial charge in [-0.05, 0) is 56.7 Å². The molecule has 0 aliphatic heterocycles. The van der Waals surface area contributed by atoms with Gasteiger partial charge >= 0.3 is 0 Å². The van der Waals surface area contributed by atoms with Crippen molar-refractivity contribution in [3.05, 3.63) is 47.5 Å². The Labute approximate surface area is 184 Å². The molecular weight excluding hydrogens is 420 g/mol. The van der Waals surface area contributed by atoms with E-state index in [4.69, 9.17) is 14.2 Å². The topological polar surface area (TPSA) is 94.2 Å². The number of amides is 1. The molecule has 170 valence electrons. The van der Waals surface area contributed by atoms with Gasteiger partial charge < -0.3 is 19.5 Å². The van der Waals surface area contributed by atoms with Crippen molar-refractivity contribution in [2.45, 2.75) is 37.8 Å². The van der Waals surface area contributed by atoms with E-state index < -0.39 is 22.0 Å². The first-order valence-electron chi connectivity index (χ1n) is 9.75. The lowest BCUT2D eigenvalue weighted by molar-refractivity contribution is 0.0939. The second-order valence-corrected chi connectivity index (χ2v) is 9.29. The minimum Gasteiger partial charge on any atom is -0.493 e. The van der Waals surface area contributed by atoms with Gasteiger partial charge in [0.25, 0.3) is 5.91 Å². The zero-order valence-electron chi connectivity index (χ0n) is 18.9.